The van der Waals surface area contributed by atoms with Gasteiger partial charge in [0.25, 0.3) is 10.0 Å². The second-order valence-electron chi connectivity index (χ2n) is 7.55. The Labute approximate surface area is 211 Å². The Bertz CT molecular complexity index is 1510. The summed E-state index contributed by atoms with van der Waals surface area (Å²) in [7, 11) is 1.12. The maximum absolute atomic E-state index is 13.2. The Morgan fingerprint density at radius 3 is 2.57 bits per heavy atom. The molecule has 4 rings (SSSR count). The number of nitrogens with one attached hydrogen (secondary N) is 2. The summed E-state index contributed by atoms with van der Waals surface area (Å²) in [5.74, 6) is 0.147. The van der Waals surface area contributed by atoms with Crippen LogP contribution >= 0.6 is 0 Å². The molecule has 0 saturated carbocycles. The minimum atomic E-state index is -4.25. The number of aromatic nitrogens is 4. The third kappa shape index (κ3) is 5.35. The smallest absolute Gasteiger partial charge is 0.407 e. The Hall–Kier alpha value is -4.53. The number of alkyl carbamates (subject to hydrolysis) is 1. The molecule has 37 heavy (non-hydrogen) atoms. The molecule has 3 heterocycles. The molecular weight excluding hydrogens is 508 g/mol. The number of carbonyl (C=O) groups is 1. The molecule has 0 radical (unpaired) electrons. The summed E-state index contributed by atoms with van der Waals surface area (Å²) >= 11 is 0. The van der Waals surface area contributed by atoms with E-state index in [1.165, 1.54) is 40.7 Å². The standard InChI is InChI=1S/C22H24N6O8S/c1-32-15-5-6-23-21(34-3)19(15)37(30,31)27-20-18-16(33-2)7-13(8-17(18)36-26-20)11-28-12-14(10-25-28)9-24-22(29)35-4/h5-8,10,12H,9,11H2,1-4H3,(H,24,29)(H,26,27). The van der Waals surface area contributed by atoms with Gasteiger partial charge in [-0.25, -0.2) is 18.2 Å². The van der Waals surface area contributed by atoms with Gasteiger partial charge in [0.15, 0.2) is 16.3 Å². The minimum absolute atomic E-state index is 0.0433. The molecule has 14 nitrogen and oxygen atoms in total. The lowest BCUT2D eigenvalue weighted by molar-refractivity contribution is 0.170. The Kier molecular flexibility index (Phi) is 7.33. The molecule has 1 aromatic carbocycles. The van der Waals surface area contributed by atoms with Crippen molar-refractivity contribution in [1.82, 2.24) is 25.2 Å². The van der Waals surface area contributed by atoms with Crippen molar-refractivity contribution in [1.29, 1.82) is 0 Å². The number of amides is 1. The molecule has 0 aliphatic carbocycles. The third-order valence-corrected chi connectivity index (χ3v) is 6.60. The molecule has 0 aliphatic heterocycles. The highest BCUT2D eigenvalue weighted by molar-refractivity contribution is 7.93. The van der Waals surface area contributed by atoms with Gasteiger partial charge >= 0.3 is 6.09 Å². The van der Waals surface area contributed by atoms with Crippen LogP contribution in [-0.2, 0) is 27.8 Å². The molecule has 3 aromatic heterocycles. The highest BCUT2D eigenvalue weighted by Crippen LogP contribution is 2.37. The molecule has 196 valence electrons. The van der Waals surface area contributed by atoms with Crippen LogP contribution in [-0.4, -0.2) is 62.9 Å². The van der Waals surface area contributed by atoms with Crippen LogP contribution in [0.3, 0.4) is 0 Å². The second kappa shape index (κ2) is 10.6. The molecule has 2 N–H and O–H groups in total. The van der Waals surface area contributed by atoms with Crippen LogP contribution in [0.15, 0.2) is 46.2 Å². The number of benzene rings is 1. The van der Waals surface area contributed by atoms with Crippen molar-refractivity contribution in [2.45, 2.75) is 18.0 Å². The molecular formula is C22H24N6O8S. The number of hydrogen-bond acceptors (Lipinski definition) is 11. The third-order valence-electron chi connectivity index (χ3n) is 5.22. The summed E-state index contributed by atoms with van der Waals surface area (Å²) < 4.78 is 56.4. The predicted molar refractivity (Wildman–Crippen MR) is 129 cm³/mol. The number of pyridine rings is 1. The van der Waals surface area contributed by atoms with Crippen LogP contribution < -0.4 is 24.2 Å². The topological polar surface area (TPSA) is 169 Å². The number of rotatable bonds is 10. The molecule has 0 bridgehead atoms. The van der Waals surface area contributed by atoms with Crippen molar-refractivity contribution in [2.24, 2.45) is 0 Å². The van der Waals surface area contributed by atoms with E-state index in [-0.39, 0.29) is 34.5 Å². The summed E-state index contributed by atoms with van der Waals surface area (Å²) in [6, 6.07) is 4.82. The normalized spacial score (nSPS) is 11.2. The fourth-order valence-electron chi connectivity index (χ4n) is 3.57. The average Bonchev–Trinajstić information content (AvgIpc) is 3.52. The zero-order valence-corrected chi connectivity index (χ0v) is 21.2. The molecule has 0 atom stereocenters. The molecule has 0 saturated heterocycles. The van der Waals surface area contributed by atoms with Gasteiger partial charge < -0.3 is 28.8 Å². The number of ether oxygens (including phenoxy) is 4. The molecule has 0 spiro atoms. The quantitative estimate of drug-likeness (QED) is 0.307. The van der Waals surface area contributed by atoms with Crippen LogP contribution in [0.2, 0.25) is 0 Å². The minimum Gasteiger partial charge on any atom is -0.496 e. The summed E-state index contributed by atoms with van der Waals surface area (Å²) in [5, 5.41) is 11.1. The van der Waals surface area contributed by atoms with Crippen LogP contribution in [0.25, 0.3) is 11.0 Å². The number of carbonyl (C=O) groups excluding carboxylic acids is 1. The lowest BCUT2D eigenvalue weighted by Crippen LogP contribution is -2.21. The molecule has 0 unspecified atom stereocenters. The van der Waals surface area contributed by atoms with Crippen LogP contribution in [0.4, 0.5) is 10.6 Å². The molecule has 15 heteroatoms. The first-order valence-electron chi connectivity index (χ1n) is 10.7. The van der Waals surface area contributed by atoms with E-state index in [0.29, 0.717) is 17.7 Å². The summed E-state index contributed by atoms with van der Waals surface area (Å²) in [6.45, 7) is 0.601. The highest BCUT2D eigenvalue weighted by Gasteiger charge is 2.29. The maximum atomic E-state index is 13.2. The van der Waals surface area contributed by atoms with Crippen molar-refractivity contribution in [2.75, 3.05) is 33.2 Å². The lowest BCUT2D eigenvalue weighted by Gasteiger charge is -2.13. The van der Waals surface area contributed by atoms with E-state index in [1.807, 2.05) is 0 Å². The van der Waals surface area contributed by atoms with E-state index < -0.39 is 16.1 Å². The van der Waals surface area contributed by atoms with E-state index in [0.717, 1.165) is 11.1 Å². The van der Waals surface area contributed by atoms with E-state index in [9.17, 15) is 13.2 Å². The second-order valence-corrected chi connectivity index (χ2v) is 9.17. The van der Waals surface area contributed by atoms with Crippen molar-refractivity contribution in [3.63, 3.8) is 0 Å². The molecule has 0 aliphatic rings. The predicted octanol–water partition coefficient (Wildman–Crippen LogP) is 2.15. The van der Waals surface area contributed by atoms with Gasteiger partial charge in [0, 0.05) is 30.6 Å². The van der Waals surface area contributed by atoms with Gasteiger partial charge in [-0.15, -0.1) is 0 Å². The van der Waals surface area contributed by atoms with Gasteiger partial charge in [-0.3, -0.25) is 9.40 Å². The van der Waals surface area contributed by atoms with Gasteiger partial charge in [0.2, 0.25) is 5.88 Å². The van der Waals surface area contributed by atoms with Crippen LogP contribution in [0.1, 0.15) is 11.1 Å². The Morgan fingerprint density at radius 2 is 1.86 bits per heavy atom. The van der Waals surface area contributed by atoms with Gasteiger partial charge in [-0.2, -0.15) is 5.10 Å². The Balaban J connectivity index is 1.62. The zero-order chi connectivity index (χ0) is 26.6. The summed E-state index contributed by atoms with van der Waals surface area (Å²) in [6.07, 6.45) is 4.21. The van der Waals surface area contributed by atoms with Crippen molar-refractivity contribution in [3.8, 4) is 17.4 Å². The average molecular weight is 533 g/mol. The number of sulfonamides is 1. The first-order valence-corrected chi connectivity index (χ1v) is 12.2. The first kappa shape index (κ1) is 25.6. The lowest BCUT2D eigenvalue weighted by atomic mass is 10.1. The monoisotopic (exact) mass is 532 g/mol. The highest BCUT2D eigenvalue weighted by atomic mass is 32.2. The zero-order valence-electron chi connectivity index (χ0n) is 20.3. The fourth-order valence-corrected chi connectivity index (χ4v) is 4.85. The van der Waals surface area contributed by atoms with Crippen LogP contribution in [0.5, 0.6) is 17.4 Å². The number of hydrogen-bond donors (Lipinski definition) is 2. The van der Waals surface area contributed by atoms with Gasteiger partial charge in [0.05, 0.1) is 41.2 Å². The molecule has 4 aromatic rings. The summed E-state index contributed by atoms with van der Waals surface area (Å²) in [4.78, 5) is 14.9. The molecule has 0 fully saturated rings. The van der Waals surface area contributed by atoms with E-state index in [1.54, 1.807) is 29.2 Å². The fraction of sp³-hybridized carbons (Fsp3) is 0.273. The number of methoxy groups -OCH3 is 4. The van der Waals surface area contributed by atoms with Crippen molar-refractivity contribution < 1.29 is 36.7 Å². The van der Waals surface area contributed by atoms with Crippen molar-refractivity contribution in [3.05, 3.63) is 47.9 Å². The van der Waals surface area contributed by atoms with E-state index >= 15 is 0 Å². The maximum Gasteiger partial charge on any atom is 0.407 e. The summed E-state index contributed by atoms with van der Waals surface area (Å²) in [5.41, 5.74) is 1.81. The largest absolute Gasteiger partial charge is 0.496 e. The van der Waals surface area contributed by atoms with E-state index in [2.05, 4.69) is 30.0 Å². The van der Waals surface area contributed by atoms with Crippen molar-refractivity contribution >= 4 is 32.9 Å². The van der Waals surface area contributed by atoms with E-state index in [4.69, 9.17) is 18.7 Å². The number of anilines is 1. The number of fused-ring (bicyclic) bond motifs is 1. The number of nitrogens with zero attached hydrogens (tertiary/aromatic N) is 4. The van der Waals surface area contributed by atoms with Crippen LogP contribution in [0, 0.1) is 0 Å². The van der Waals surface area contributed by atoms with Gasteiger partial charge in [-0.05, 0) is 17.7 Å². The SMILES string of the molecule is COC(=O)NCc1cnn(Cc2cc(OC)c3c(NS(=O)(=O)c4c(OC)ccnc4OC)noc3c2)c1. The molecule has 1 amide bonds. The Morgan fingerprint density at radius 1 is 1.08 bits per heavy atom. The van der Waals surface area contributed by atoms with Gasteiger partial charge in [-0.1, -0.05) is 5.16 Å². The first-order chi connectivity index (χ1) is 17.8. The van der Waals surface area contributed by atoms with Gasteiger partial charge in [0.1, 0.15) is 16.9 Å².